The lowest BCUT2D eigenvalue weighted by Gasteiger charge is -2.07. The highest BCUT2D eigenvalue weighted by Crippen LogP contribution is 2.28. The molecule has 0 fully saturated rings. The number of halogens is 6. The fourth-order valence-electron chi connectivity index (χ4n) is 1.25. The number of hydrogen-bond acceptors (Lipinski definition) is 1. The lowest BCUT2D eigenvalue weighted by molar-refractivity contribution is -0.274. The Kier molecular flexibility index (Phi) is 5.63. The molecule has 2 aromatic rings. The summed E-state index contributed by atoms with van der Waals surface area (Å²) in [5.74, 6) is -0.194. The van der Waals surface area contributed by atoms with E-state index < -0.39 is 18.1 Å². The molecular formula is C14H10F6O. The second-order valence-electron chi connectivity index (χ2n) is 3.72. The normalized spacial score (nSPS) is 11.3. The van der Waals surface area contributed by atoms with Gasteiger partial charge in [0.15, 0.2) is 0 Å². The van der Waals surface area contributed by atoms with Crippen molar-refractivity contribution >= 4 is 0 Å². The molecule has 7 heteroatoms. The molecule has 0 bridgehead atoms. The zero-order valence-corrected chi connectivity index (χ0v) is 10.4. The van der Waals surface area contributed by atoms with E-state index >= 15 is 0 Å². The average molecular weight is 308 g/mol. The maximum atomic E-state index is 11.8. The minimum Gasteiger partial charge on any atom is -0.406 e. The molecule has 0 aliphatic heterocycles. The summed E-state index contributed by atoms with van der Waals surface area (Å²) < 4.78 is 73.5. The maximum absolute atomic E-state index is 11.8. The van der Waals surface area contributed by atoms with E-state index in [0.29, 0.717) is 0 Å². The van der Waals surface area contributed by atoms with E-state index in [1.54, 1.807) is 12.1 Å². The van der Waals surface area contributed by atoms with E-state index in [2.05, 4.69) is 4.74 Å². The van der Waals surface area contributed by atoms with E-state index in [0.717, 1.165) is 12.1 Å². The fourth-order valence-corrected chi connectivity index (χ4v) is 1.25. The summed E-state index contributed by atoms with van der Waals surface area (Å²) >= 11 is 0. The van der Waals surface area contributed by atoms with Gasteiger partial charge in [-0.15, -0.1) is 13.2 Å². The van der Waals surface area contributed by atoms with Gasteiger partial charge in [0.2, 0.25) is 0 Å². The van der Waals surface area contributed by atoms with Crippen LogP contribution in [0.4, 0.5) is 26.3 Å². The SMILES string of the molecule is FC(F)(F)Oc1ccccc1.FC(F)(F)c1ccccc1. The number of para-hydroxylation sites is 1. The van der Waals surface area contributed by atoms with Gasteiger partial charge in [-0.3, -0.25) is 0 Å². The van der Waals surface area contributed by atoms with Crippen LogP contribution in [-0.2, 0) is 6.18 Å². The smallest absolute Gasteiger partial charge is 0.406 e. The molecular weight excluding hydrogens is 298 g/mol. The van der Waals surface area contributed by atoms with Crippen molar-refractivity contribution < 1.29 is 31.1 Å². The highest BCUT2D eigenvalue weighted by atomic mass is 19.4. The first-order valence-corrected chi connectivity index (χ1v) is 5.61. The second kappa shape index (κ2) is 7.01. The van der Waals surface area contributed by atoms with Gasteiger partial charge in [-0.05, 0) is 12.1 Å². The predicted octanol–water partition coefficient (Wildman–Crippen LogP) is 5.29. The average Bonchev–Trinajstić information content (AvgIpc) is 2.39. The van der Waals surface area contributed by atoms with E-state index in [9.17, 15) is 26.3 Å². The van der Waals surface area contributed by atoms with Crippen molar-refractivity contribution in [2.45, 2.75) is 12.5 Å². The van der Waals surface area contributed by atoms with Crippen molar-refractivity contribution in [3.63, 3.8) is 0 Å². The number of rotatable bonds is 1. The Morgan fingerprint density at radius 3 is 1.38 bits per heavy atom. The fraction of sp³-hybridized carbons (Fsp3) is 0.143. The first-order chi connectivity index (χ1) is 9.68. The minimum absolute atomic E-state index is 0.194. The van der Waals surface area contributed by atoms with Crippen molar-refractivity contribution in [3.8, 4) is 5.75 Å². The van der Waals surface area contributed by atoms with Gasteiger partial charge in [-0.1, -0.05) is 48.5 Å². The molecule has 114 valence electrons. The van der Waals surface area contributed by atoms with Gasteiger partial charge in [0.05, 0.1) is 5.56 Å². The van der Waals surface area contributed by atoms with Crippen LogP contribution in [0.5, 0.6) is 5.75 Å². The van der Waals surface area contributed by atoms with Crippen LogP contribution in [-0.4, -0.2) is 6.36 Å². The molecule has 0 spiro atoms. The molecule has 0 aliphatic rings. The van der Waals surface area contributed by atoms with Crippen LogP contribution >= 0.6 is 0 Å². The van der Waals surface area contributed by atoms with Gasteiger partial charge in [0.1, 0.15) is 5.75 Å². The van der Waals surface area contributed by atoms with Crippen LogP contribution in [0, 0.1) is 0 Å². The largest absolute Gasteiger partial charge is 0.573 e. The summed E-state index contributed by atoms with van der Waals surface area (Å²) in [5, 5.41) is 0. The Morgan fingerprint density at radius 2 is 1.05 bits per heavy atom. The molecule has 2 aromatic carbocycles. The Balaban J connectivity index is 0.000000211. The quantitative estimate of drug-likeness (QED) is 0.650. The minimum atomic E-state index is -4.60. The summed E-state index contributed by atoms with van der Waals surface area (Å²) in [6.07, 6.45) is -8.80. The van der Waals surface area contributed by atoms with Crippen molar-refractivity contribution in [3.05, 3.63) is 66.2 Å². The van der Waals surface area contributed by atoms with Crippen LogP contribution in [0.3, 0.4) is 0 Å². The summed E-state index contributed by atoms with van der Waals surface area (Å²) in [6, 6.07) is 13.4. The number of hydrogen-bond donors (Lipinski definition) is 0. The lowest BCUT2D eigenvalue weighted by atomic mass is 10.2. The van der Waals surface area contributed by atoms with Crippen LogP contribution in [0.15, 0.2) is 60.7 Å². The number of alkyl halides is 6. The summed E-state index contributed by atoms with van der Waals surface area (Å²) in [5.41, 5.74) is -0.602. The molecule has 0 N–H and O–H groups in total. The third-order valence-electron chi connectivity index (χ3n) is 2.08. The van der Waals surface area contributed by atoms with E-state index in [1.807, 2.05) is 0 Å². The molecule has 0 heterocycles. The van der Waals surface area contributed by atoms with Crippen LogP contribution < -0.4 is 4.74 Å². The molecule has 0 unspecified atom stereocenters. The van der Waals surface area contributed by atoms with Crippen molar-refractivity contribution in [1.29, 1.82) is 0 Å². The molecule has 0 saturated heterocycles. The first-order valence-electron chi connectivity index (χ1n) is 5.61. The van der Waals surface area contributed by atoms with Crippen molar-refractivity contribution in [1.82, 2.24) is 0 Å². The summed E-state index contributed by atoms with van der Waals surface area (Å²) in [4.78, 5) is 0. The van der Waals surface area contributed by atoms with E-state index in [4.69, 9.17) is 0 Å². The Labute approximate surface area is 116 Å². The van der Waals surface area contributed by atoms with Gasteiger partial charge < -0.3 is 4.74 Å². The van der Waals surface area contributed by atoms with Gasteiger partial charge in [-0.25, -0.2) is 0 Å². The topological polar surface area (TPSA) is 9.23 Å². The molecule has 0 amide bonds. The van der Waals surface area contributed by atoms with Gasteiger partial charge >= 0.3 is 12.5 Å². The van der Waals surface area contributed by atoms with E-state index in [-0.39, 0.29) is 5.75 Å². The van der Waals surface area contributed by atoms with Gasteiger partial charge in [-0.2, -0.15) is 13.2 Å². The Bertz CT molecular complexity index is 519. The monoisotopic (exact) mass is 308 g/mol. The molecule has 2 rings (SSSR count). The first kappa shape index (κ1) is 16.9. The Hall–Kier alpha value is -2.18. The zero-order chi connectivity index (χ0) is 15.9. The highest BCUT2D eigenvalue weighted by molar-refractivity contribution is 5.21. The van der Waals surface area contributed by atoms with Crippen LogP contribution in [0.2, 0.25) is 0 Å². The van der Waals surface area contributed by atoms with Crippen LogP contribution in [0.25, 0.3) is 0 Å². The third kappa shape index (κ3) is 7.24. The molecule has 0 saturated carbocycles. The summed E-state index contributed by atoms with van der Waals surface area (Å²) in [6.45, 7) is 0. The van der Waals surface area contributed by atoms with Crippen LogP contribution in [0.1, 0.15) is 5.56 Å². The highest BCUT2D eigenvalue weighted by Gasteiger charge is 2.30. The lowest BCUT2D eigenvalue weighted by Crippen LogP contribution is -2.16. The maximum Gasteiger partial charge on any atom is 0.573 e. The molecule has 0 aromatic heterocycles. The zero-order valence-electron chi connectivity index (χ0n) is 10.4. The molecule has 1 nitrogen and oxygen atoms in total. The van der Waals surface area contributed by atoms with Gasteiger partial charge in [0.25, 0.3) is 0 Å². The standard InChI is InChI=1S/C7H5F3O.C7H5F3/c8-7(9,10)11-6-4-2-1-3-5-6;8-7(9,10)6-4-2-1-3-5-6/h1-5H;1-5H. The number of ether oxygens (including phenoxy) is 1. The van der Waals surface area contributed by atoms with Gasteiger partial charge in [0, 0.05) is 0 Å². The predicted molar refractivity (Wildman–Crippen MR) is 64.6 cm³/mol. The number of benzene rings is 2. The molecule has 0 radical (unpaired) electrons. The van der Waals surface area contributed by atoms with Crippen molar-refractivity contribution in [2.24, 2.45) is 0 Å². The third-order valence-corrected chi connectivity index (χ3v) is 2.08. The van der Waals surface area contributed by atoms with Crippen molar-refractivity contribution in [2.75, 3.05) is 0 Å². The van der Waals surface area contributed by atoms with E-state index in [1.165, 1.54) is 36.4 Å². The Morgan fingerprint density at radius 1 is 0.619 bits per heavy atom. The second-order valence-corrected chi connectivity index (χ2v) is 3.72. The summed E-state index contributed by atoms with van der Waals surface area (Å²) in [7, 11) is 0. The molecule has 0 atom stereocenters. The molecule has 0 aliphatic carbocycles. The molecule has 21 heavy (non-hydrogen) atoms.